The quantitative estimate of drug-likeness (QED) is 0.891. The molecular weight excluding hydrogens is 325 g/mol. The van der Waals surface area contributed by atoms with E-state index in [0.717, 1.165) is 25.9 Å². The summed E-state index contributed by atoms with van der Waals surface area (Å²) in [5, 5.41) is 2.78. The van der Waals surface area contributed by atoms with Crippen molar-refractivity contribution in [3.05, 3.63) is 30.1 Å². The summed E-state index contributed by atoms with van der Waals surface area (Å²) in [7, 11) is 0. The van der Waals surface area contributed by atoms with E-state index in [-0.39, 0.29) is 35.9 Å². The van der Waals surface area contributed by atoms with Crippen LogP contribution in [0.2, 0.25) is 0 Å². The Hall–Kier alpha value is -2.15. The maximum Gasteiger partial charge on any atom is 0.322 e. The monoisotopic (exact) mass is 347 g/mol. The third-order valence-electron chi connectivity index (χ3n) is 5.27. The van der Waals surface area contributed by atoms with Gasteiger partial charge in [0.2, 0.25) is 5.91 Å². The molecule has 3 fully saturated rings. The van der Waals surface area contributed by atoms with E-state index < -0.39 is 0 Å². The molecule has 134 valence electrons. The Bertz CT molecular complexity index is 660. The second kappa shape index (κ2) is 6.63. The predicted molar refractivity (Wildman–Crippen MR) is 89.6 cm³/mol. The number of carbonyl (C=O) groups is 2. The van der Waals surface area contributed by atoms with Gasteiger partial charge in [0.05, 0.1) is 18.1 Å². The minimum atomic E-state index is -0.342. The van der Waals surface area contributed by atoms with Crippen molar-refractivity contribution >= 4 is 17.6 Å². The van der Waals surface area contributed by atoms with Crippen LogP contribution >= 0.6 is 0 Å². The largest absolute Gasteiger partial charge is 0.370 e. The van der Waals surface area contributed by atoms with E-state index in [1.807, 2.05) is 4.90 Å². The molecule has 3 atom stereocenters. The molecule has 6 nitrogen and oxygen atoms in total. The molecule has 1 N–H and O–H groups in total. The SMILES string of the molecule is O=C(Nc1ccc(F)cc1)N1C[C@@H]2C[C@H](C(=O)N3CCCC3)[C@H](C1)O2. The molecule has 3 saturated heterocycles. The number of halogens is 1. The zero-order valence-corrected chi connectivity index (χ0v) is 14.0. The number of urea groups is 1. The van der Waals surface area contributed by atoms with Crippen molar-refractivity contribution in [1.29, 1.82) is 0 Å². The summed E-state index contributed by atoms with van der Waals surface area (Å²) in [5.41, 5.74) is 0.551. The number of fused-ring (bicyclic) bond motifs is 2. The van der Waals surface area contributed by atoms with Crippen molar-refractivity contribution in [2.24, 2.45) is 5.92 Å². The molecule has 0 aromatic heterocycles. The highest BCUT2D eigenvalue weighted by molar-refractivity contribution is 5.89. The van der Waals surface area contributed by atoms with Crippen LogP contribution in [0.4, 0.5) is 14.9 Å². The average Bonchev–Trinajstić information content (AvgIpc) is 3.24. The number of hydrogen-bond donors (Lipinski definition) is 1. The molecule has 0 spiro atoms. The average molecular weight is 347 g/mol. The zero-order chi connectivity index (χ0) is 17.4. The van der Waals surface area contributed by atoms with Gasteiger partial charge in [-0.05, 0) is 43.5 Å². The van der Waals surface area contributed by atoms with Crippen LogP contribution < -0.4 is 5.32 Å². The first-order valence-electron chi connectivity index (χ1n) is 8.86. The van der Waals surface area contributed by atoms with Gasteiger partial charge in [0, 0.05) is 31.9 Å². The maximum atomic E-state index is 13.0. The van der Waals surface area contributed by atoms with E-state index in [2.05, 4.69) is 5.32 Å². The Morgan fingerprint density at radius 2 is 1.80 bits per heavy atom. The molecule has 3 aliphatic heterocycles. The summed E-state index contributed by atoms with van der Waals surface area (Å²) >= 11 is 0. The van der Waals surface area contributed by atoms with Crippen LogP contribution in [0.3, 0.4) is 0 Å². The number of morpholine rings is 1. The minimum Gasteiger partial charge on any atom is -0.370 e. The van der Waals surface area contributed by atoms with Crippen LogP contribution in [0.15, 0.2) is 24.3 Å². The minimum absolute atomic E-state index is 0.0886. The lowest BCUT2D eigenvalue weighted by atomic mass is 9.99. The number of carbonyl (C=O) groups excluding carboxylic acids is 2. The first-order chi connectivity index (χ1) is 12.1. The topological polar surface area (TPSA) is 61.9 Å². The zero-order valence-electron chi connectivity index (χ0n) is 14.0. The van der Waals surface area contributed by atoms with E-state index in [4.69, 9.17) is 4.74 Å². The molecule has 0 aliphatic carbocycles. The number of nitrogens with zero attached hydrogens (tertiary/aromatic N) is 2. The fourth-order valence-corrected chi connectivity index (χ4v) is 3.99. The summed E-state index contributed by atoms with van der Waals surface area (Å²) in [4.78, 5) is 28.8. The third kappa shape index (κ3) is 3.33. The molecule has 1 aromatic rings. The third-order valence-corrected chi connectivity index (χ3v) is 5.27. The van der Waals surface area contributed by atoms with Crippen molar-refractivity contribution in [2.45, 2.75) is 31.5 Å². The van der Waals surface area contributed by atoms with Crippen molar-refractivity contribution in [1.82, 2.24) is 9.80 Å². The normalized spacial score (nSPS) is 28.3. The molecule has 0 unspecified atom stereocenters. The Morgan fingerprint density at radius 3 is 2.52 bits per heavy atom. The fraction of sp³-hybridized carbons (Fsp3) is 0.556. The molecule has 2 bridgehead atoms. The lowest BCUT2D eigenvalue weighted by Gasteiger charge is -2.33. The van der Waals surface area contributed by atoms with Gasteiger partial charge >= 0.3 is 6.03 Å². The van der Waals surface area contributed by atoms with Gasteiger partial charge in [-0.25, -0.2) is 9.18 Å². The first-order valence-corrected chi connectivity index (χ1v) is 8.86. The van der Waals surface area contributed by atoms with Gasteiger partial charge in [0.15, 0.2) is 0 Å². The van der Waals surface area contributed by atoms with Crippen LogP contribution in [0.5, 0.6) is 0 Å². The standard InChI is InChI=1S/C18H22FN3O3/c19-12-3-5-13(6-4-12)20-18(24)22-10-14-9-15(16(11-22)25-14)17(23)21-7-1-2-8-21/h3-6,14-16H,1-2,7-11H2,(H,20,24)/t14-,15-,16-/m0/s1. The van der Waals surface area contributed by atoms with Crippen molar-refractivity contribution in [3.63, 3.8) is 0 Å². The lowest BCUT2D eigenvalue weighted by molar-refractivity contribution is -0.137. The van der Waals surface area contributed by atoms with E-state index in [9.17, 15) is 14.0 Å². The Kier molecular flexibility index (Phi) is 4.33. The van der Waals surface area contributed by atoms with E-state index >= 15 is 0 Å². The van der Waals surface area contributed by atoms with Crippen LogP contribution in [-0.4, -0.2) is 60.1 Å². The number of benzene rings is 1. The number of anilines is 1. The van der Waals surface area contributed by atoms with Gasteiger partial charge in [-0.1, -0.05) is 0 Å². The smallest absolute Gasteiger partial charge is 0.322 e. The summed E-state index contributed by atoms with van der Waals surface area (Å²) in [5.74, 6) is -0.316. The van der Waals surface area contributed by atoms with Gasteiger partial charge in [0.1, 0.15) is 5.82 Å². The number of ether oxygens (including phenoxy) is 1. The second-order valence-corrected chi connectivity index (χ2v) is 7.01. The Morgan fingerprint density at radius 1 is 1.08 bits per heavy atom. The van der Waals surface area contributed by atoms with Gasteiger partial charge in [-0.3, -0.25) is 4.79 Å². The van der Waals surface area contributed by atoms with Gasteiger partial charge in [-0.15, -0.1) is 0 Å². The van der Waals surface area contributed by atoms with E-state index in [1.54, 1.807) is 4.90 Å². The number of amides is 3. The number of nitrogens with one attached hydrogen (secondary N) is 1. The highest BCUT2D eigenvalue weighted by Gasteiger charge is 2.47. The summed E-state index contributed by atoms with van der Waals surface area (Å²) in [6.07, 6.45) is 2.50. The van der Waals surface area contributed by atoms with Gasteiger partial charge in [0.25, 0.3) is 0 Å². The van der Waals surface area contributed by atoms with Gasteiger partial charge in [-0.2, -0.15) is 0 Å². The maximum absolute atomic E-state index is 13.0. The predicted octanol–water partition coefficient (Wildman–Crippen LogP) is 2.07. The number of hydrogen-bond acceptors (Lipinski definition) is 3. The van der Waals surface area contributed by atoms with Crippen molar-refractivity contribution in [3.8, 4) is 0 Å². The Balaban J connectivity index is 1.38. The molecule has 25 heavy (non-hydrogen) atoms. The highest BCUT2D eigenvalue weighted by atomic mass is 19.1. The highest BCUT2D eigenvalue weighted by Crippen LogP contribution is 2.34. The van der Waals surface area contributed by atoms with Crippen molar-refractivity contribution in [2.75, 3.05) is 31.5 Å². The molecule has 4 rings (SSSR count). The molecule has 3 aliphatic rings. The second-order valence-electron chi connectivity index (χ2n) is 7.01. The summed E-state index contributed by atoms with van der Waals surface area (Å²) in [6, 6.07) is 5.44. The van der Waals surface area contributed by atoms with Gasteiger partial charge < -0.3 is 19.9 Å². The Labute approximate surface area is 145 Å². The summed E-state index contributed by atoms with van der Waals surface area (Å²) in [6.45, 7) is 2.56. The van der Waals surface area contributed by atoms with Crippen LogP contribution in [0, 0.1) is 11.7 Å². The molecular formula is C18H22FN3O3. The number of likely N-dealkylation sites (tertiary alicyclic amines) is 2. The lowest BCUT2D eigenvalue weighted by Crippen LogP contribution is -2.49. The summed E-state index contributed by atoms with van der Waals surface area (Å²) < 4.78 is 18.9. The van der Waals surface area contributed by atoms with Crippen LogP contribution in [0.1, 0.15) is 19.3 Å². The molecule has 0 radical (unpaired) electrons. The molecule has 3 heterocycles. The molecule has 3 amide bonds. The van der Waals surface area contributed by atoms with E-state index in [0.29, 0.717) is 25.2 Å². The number of rotatable bonds is 2. The van der Waals surface area contributed by atoms with E-state index in [1.165, 1.54) is 24.3 Å². The fourth-order valence-electron chi connectivity index (χ4n) is 3.99. The molecule has 7 heteroatoms. The van der Waals surface area contributed by atoms with Crippen molar-refractivity contribution < 1.29 is 18.7 Å². The molecule has 0 saturated carbocycles. The first kappa shape index (κ1) is 16.3. The molecule has 1 aromatic carbocycles. The van der Waals surface area contributed by atoms with Crippen LogP contribution in [0.25, 0.3) is 0 Å². The van der Waals surface area contributed by atoms with Crippen LogP contribution in [-0.2, 0) is 9.53 Å².